The van der Waals surface area contributed by atoms with Crippen molar-refractivity contribution in [3.8, 4) is 5.69 Å². The molecule has 2 aromatic carbocycles. The van der Waals surface area contributed by atoms with Crippen LogP contribution in [0.1, 0.15) is 12.0 Å². The molecule has 0 spiro atoms. The summed E-state index contributed by atoms with van der Waals surface area (Å²) in [5.41, 5.74) is 1.37. The first-order valence-corrected chi connectivity index (χ1v) is 9.90. The molecule has 4 rings (SSSR count). The number of thioether (sulfide) groups is 1. The fraction of sp³-hybridized carbons (Fsp3) is 0.263. The number of hydrogen-bond donors (Lipinski definition) is 0. The van der Waals surface area contributed by atoms with E-state index in [-0.39, 0.29) is 17.3 Å². The average Bonchev–Trinajstić information content (AvgIpc) is 3.23. The van der Waals surface area contributed by atoms with Gasteiger partial charge in [-0.05, 0) is 43.2 Å². The second kappa shape index (κ2) is 6.55. The lowest BCUT2D eigenvalue weighted by molar-refractivity contribution is 0.615. The van der Waals surface area contributed by atoms with Crippen molar-refractivity contribution in [2.45, 2.75) is 22.8 Å². The molecule has 3 nitrogen and oxygen atoms in total. The van der Waals surface area contributed by atoms with Crippen molar-refractivity contribution >= 4 is 45.9 Å². The third kappa shape index (κ3) is 3.24. The summed E-state index contributed by atoms with van der Waals surface area (Å²) in [6, 6.07) is 11.9. The number of aryl methyl sites for hydroxylation is 1. The molecule has 1 heterocycles. The molecule has 1 aromatic heterocycles. The standard InChI is InChI=1S/C19H15Cl2FN2OS/c1-11-6-7-13(8-15(11)22)24-17(25)14-4-2-3-5-16(14)23-18(24)26-10-12-9-19(12,20)21/h2-8,12H,9-10H2,1H3. The van der Waals surface area contributed by atoms with Gasteiger partial charge in [-0.25, -0.2) is 9.37 Å². The number of benzene rings is 2. The average molecular weight is 409 g/mol. The van der Waals surface area contributed by atoms with Crippen LogP contribution >= 0.6 is 35.0 Å². The maximum absolute atomic E-state index is 14.1. The van der Waals surface area contributed by atoms with Gasteiger partial charge in [0.2, 0.25) is 0 Å². The van der Waals surface area contributed by atoms with Gasteiger partial charge in [0.15, 0.2) is 5.16 Å². The SMILES string of the molecule is Cc1ccc(-n2c(SCC3CC3(Cl)Cl)nc3ccccc3c2=O)cc1F. The number of alkyl halides is 2. The van der Waals surface area contributed by atoms with Gasteiger partial charge in [-0.1, -0.05) is 30.0 Å². The highest BCUT2D eigenvalue weighted by molar-refractivity contribution is 7.99. The molecule has 7 heteroatoms. The Morgan fingerprint density at radius 3 is 2.73 bits per heavy atom. The van der Waals surface area contributed by atoms with Crippen LogP contribution in [0.2, 0.25) is 0 Å². The molecule has 1 saturated carbocycles. The molecule has 0 N–H and O–H groups in total. The highest BCUT2D eigenvalue weighted by atomic mass is 35.5. The van der Waals surface area contributed by atoms with Crippen LogP contribution in [-0.4, -0.2) is 19.6 Å². The number of para-hydroxylation sites is 1. The van der Waals surface area contributed by atoms with Crippen LogP contribution in [0.5, 0.6) is 0 Å². The number of halogens is 3. The van der Waals surface area contributed by atoms with Gasteiger partial charge in [0, 0.05) is 11.7 Å². The minimum absolute atomic E-state index is 0.155. The van der Waals surface area contributed by atoms with Crippen LogP contribution in [0.15, 0.2) is 52.4 Å². The number of rotatable bonds is 4. The van der Waals surface area contributed by atoms with Gasteiger partial charge in [0.05, 0.1) is 16.6 Å². The van der Waals surface area contributed by atoms with E-state index in [0.29, 0.717) is 33.1 Å². The summed E-state index contributed by atoms with van der Waals surface area (Å²) in [6.45, 7) is 1.68. The van der Waals surface area contributed by atoms with Gasteiger partial charge in [-0.3, -0.25) is 9.36 Å². The molecule has 1 aliphatic rings. The maximum Gasteiger partial charge on any atom is 0.266 e. The topological polar surface area (TPSA) is 34.9 Å². The van der Waals surface area contributed by atoms with Gasteiger partial charge in [0.1, 0.15) is 10.2 Å². The lowest BCUT2D eigenvalue weighted by Gasteiger charge is -2.14. The van der Waals surface area contributed by atoms with Crippen LogP contribution in [0.25, 0.3) is 16.6 Å². The largest absolute Gasteiger partial charge is 0.268 e. The Labute approximate surface area is 164 Å². The molecular weight excluding hydrogens is 394 g/mol. The van der Waals surface area contributed by atoms with Gasteiger partial charge in [-0.15, -0.1) is 23.2 Å². The molecule has 1 atom stereocenters. The van der Waals surface area contributed by atoms with E-state index < -0.39 is 4.33 Å². The molecular formula is C19H15Cl2FN2OS. The molecule has 1 aliphatic carbocycles. The minimum Gasteiger partial charge on any atom is -0.268 e. The molecule has 26 heavy (non-hydrogen) atoms. The third-order valence-corrected chi connectivity index (χ3v) is 6.55. The second-order valence-electron chi connectivity index (χ2n) is 6.46. The summed E-state index contributed by atoms with van der Waals surface area (Å²) < 4.78 is 14.9. The Morgan fingerprint density at radius 2 is 2.04 bits per heavy atom. The highest BCUT2D eigenvalue weighted by Gasteiger charge is 2.51. The Bertz CT molecular complexity index is 1070. The van der Waals surface area contributed by atoms with E-state index in [9.17, 15) is 9.18 Å². The van der Waals surface area contributed by atoms with Gasteiger partial charge < -0.3 is 0 Å². The van der Waals surface area contributed by atoms with Crippen LogP contribution < -0.4 is 5.56 Å². The summed E-state index contributed by atoms with van der Waals surface area (Å²) in [7, 11) is 0. The molecule has 0 aliphatic heterocycles. The molecule has 0 saturated heterocycles. The Kier molecular flexibility index (Phi) is 4.49. The fourth-order valence-electron chi connectivity index (χ4n) is 2.78. The Hall–Kier alpha value is -1.56. The quantitative estimate of drug-likeness (QED) is 0.341. The highest BCUT2D eigenvalue weighted by Crippen LogP contribution is 2.54. The minimum atomic E-state index is -0.690. The van der Waals surface area contributed by atoms with Crippen LogP contribution in [-0.2, 0) is 0 Å². The normalized spacial score (nSPS) is 18.2. The van der Waals surface area contributed by atoms with Crippen LogP contribution in [0.4, 0.5) is 4.39 Å². The number of aromatic nitrogens is 2. The summed E-state index contributed by atoms with van der Waals surface area (Å²) in [5.74, 6) is 0.440. The van der Waals surface area contributed by atoms with Gasteiger partial charge in [0.25, 0.3) is 5.56 Å². The molecule has 134 valence electrons. The first kappa shape index (κ1) is 17.8. The van der Waals surface area contributed by atoms with Crippen molar-refractivity contribution in [2.24, 2.45) is 5.92 Å². The summed E-state index contributed by atoms with van der Waals surface area (Å²) in [5, 5.41) is 1.00. The molecule has 0 radical (unpaired) electrons. The zero-order valence-electron chi connectivity index (χ0n) is 13.9. The Balaban J connectivity index is 1.84. The predicted octanol–water partition coefficient (Wildman–Crippen LogP) is 5.12. The third-order valence-electron chi connectivity index (χ3n) is 4.53. The molecule has 0 bridgehead atoms. The van der Waals surface area contributed by atoms with Crippen molar-refractivity contribution in [2.75, 3.05) is 5.75 Å². The van der Waals surface area contributed by atoms with Crippen LogP contribution in [0, 0.1) is 18.7 Å². The second-order valence-corrected chi connectivity index (χ2v) is 8.99. The van der Waals surface area contributed by atoms with Gasteiger partial charge in [-0.2, -0.15) is 0 Å². The maximum atomic E-state index is 14.1. The van der Waals surface area contributed by atoms with Crippen molar-refractivity contribution < 1.29 is 4.39 Å². The Morgan fingerprint density at radius 1 is 1.31 bits per heavy atom. The molecule has 1 unspecified atom stereocenters. The summed E-state index contributed by atoms with van der Waals surface area (Å²) in [6.07, 6.45) is 0.722. The van der Waals surface area contributed by atoms with E-state index in [1.54, 1.807) is 37.3 Å². The zero-order valence-corrected chi connectivity index (χ0v) is 16.2. The van der Waals surface area contributed by atoms with Crippen molar-refractivity contribution in [1.29, 1.82) is 0 Å². The van der Waals surface area contributed by atoms with E-state index >= 15 is 0 Å². The lowest BCUT2D eigenvalue weighted by atomic mass is 10.2. The lowest BCUT2D eigenvalue weighted by Crippen LogP contribution is -2.22. The summed E-state index contributed by atoms with van der Waals surface area (Å²) in [4.78, 5) is 17.7. The van der Waals surface area contributed by atoms with E-state index in [1.807, 2.05) is 6.07 Å². The van der Waals surface area contributed by atoms with E-state index in [4.69, 9.17) is 23.2 Å². The monoisotopic (exact) mass is 408 g/mol. The first-order valence-electron chi connectivity index (χ1n) is 8.16. The first-order chi connectivity index (χ1) is 12.4. The molecule has 1 fully saturated rings. The molecule has 3 aromatic rings. The van der Waals surface area contributed by atoms with E-state index in [0.717, 1.165) is 6.42 Å². The smallest absolute Gasteiger partial charge is 0.266 e. The predicted molar refractivity (Wildman–Crippen MR) is 105 cm³/mol. The van der Waals surface area contributed by atoms with Crippen molar-refractivity contribution in [1.82, 2.24) is 9.55 Å². The summed E-state index contributed by atoms with van der Waals surface area (Å²) >= 11 is 13.6. The molecule has 0 amide bonds. The number of hydrogen-bond acceptors (Lipinski definition) is 3. The van der Waals surface area contributed by atoms with Crippen molar-refractivity contribution in [3.05, 3.63) is 64.2 Å². The zero-order chi connectivity index (χ0) is 18.5. The fourth-order valence-corrected chi connectivity index (χ4v) is 4.73. The van der Waals surface area contributed by atoms with Crippen LogP contribution in [0.3, 0.4) is 0 Å². The number of fused-ring (bicyclic) bond motifs is 1. The van der Waals surface area contributed by atoms with E-state index in [2.05, 4.69) is 4.98 Å². The van der Waals surface area contributed by atoms with Gasteiger partial charge >= 0.3 is 0 Å². The number of nitrogens with zero attached hydrogens (tertiary/aromatic N) is 2. The van der Waals surface area contributed by atoms with E-state index in [1.165, 1.54) is 22.4 Å². The van der Waals surface area contributed by atoms with Crippen molar-refractivity contribution in [3.63, 3.8) is 0 Å².